The van der Waals surface area contributed by atoms with E-state index in [0.717, 1.165) is 4.47 Å². The molecule has 3 aromatic carbocycles. The summed E-state index contributed by atoms with van der Waals surface area (Å²) in [5.74, 6) is 0.197. The van der Waals surface area contributed by atoms with Gasteiger partial charge in [-0.25, -0.2) is 0 Å². The van der Waals surface area contributed by atoms with Crippen LogP contribution in [0.25, 0.3) is 5.70 Å². The zero-order valence-corrected chi connectivity index (χ0v) is 20.0. The summed E-state index contributed by atoms with van der Waals surface area (Å²) in [6, 6.07) is 23.6. The standard InChI is InChI=1S/C26H26BrN3O3/c1-26(2,17-31)33-22-14-12-21(13-15-22)30-25(32)23(16-29-20-6-4-3-5-7-20)24(28)18-8-10-19(27)11-9-18/h3-16,31H,17,28H2,1-2H3,(H,30,32)/b24-23+,29-16?. The number of benzene rings is 3. The number of nitrogens with two attached hydrogens (primary N) is 1. The number of aliphatic hydroxyl groups is 1. The number of amides is 1. The van der Waals surface area contributed by atoms with Gasteiger partial charge in [-0.2, -0.15) is 0 Å². The number of ether oxygens (including phenoxy) is 1. The van der Waals surface area contributed by atoms with Crippen molar-refractivity contribution in [3.05, 3.63) is 94.5 Å². The lowest BCUT2D eigenvalue weighted by molar-refractivity contribution is -0.112. The number of para-hydroxylation sites is 1. The van der Waals surface area contributed by atoms with Crippen molar-refractivity contribution in [1.82, 2.24) is 0 Å². The number of halogens is 1. The van der Waals surface area contributed by atoms with E-state index < -0.39 is 5.60 Å². The molecule has 0 aliphatic carbocycles. The number of carbonyl (C=O) groups excluding carboxylic acids is 1. The summed E-state index contributed by atoms with van der Waals surface area (Å²) in [7, 11) is 0. The largest absolute Gasteiger partial charge is 0.485 e. The summed E-state index contributed by atoms with van der Waals surface area (Å²) < 4.78 is 6.65. The maximum absolute atomic E-state index is 13.2. The first-order chi connectivity index (χ1) is 15.8. The van der Waals surface area contributed by atoms with Crippen molar-refractivity contribution >= 4 is 45.1 Å². The molecule has 3 aromatic rings. The van der Waals surface area contributed by atoms with Gasteiger partial charge in [0.05, 0.1) is 23.6 Å². The first-order valence-electron chi connectivity index (χ1n) is 10.3. The number of carbonyl (C=O) groups is 1. The van der Waals surface area contributed by atoms with Crippen LogP contribution in [0.2, 0.25) is 0 Å². The van der Waals surface area contributed by atoms with Gasteiger partial charge in [0.15, 0.2) is 0 Å². The lowest BCUT2D eigenvalue weighted by atomic mass is 10.1. The second kappa shape index (κ2) is 10.9. The van der Waals surface area contributed by atoms with Gasteiger partial charge < -0.3 is 20.9 Å². The molecule has 33 heavy (non-hydrogen) atoms. The maximum Gasteiger partial charge on any atom is 0.259 e. The molecule has 0 atom stereocenters. The normalized spacial score (nSPS) is 12.4. The average Bonchev–Trinajstić information content (AvgIpc) is 2.81. The molecule has 0 aromatic heterocycles. The molecule has 0 heterocycles. The third kappa shape index (κ3) is 7.03. The molecule has 0 spiro atoms. The number of nitrogens with zero attached hydrogens (tertiary/aromatic N) is 1. The second-order valence-corrected chi connectivity index (χ2v) is 8.84. The zero-order valence-electron chi connectivity index (χ0n) is 18.5. The van der Waals surface area contributed by atoms with Gasteiger partial charge in [0.25, 0.3) is 5.91 Å². The van der Waals surface area contributed by atoms with E-state index in [2.05, 4.69) is 26.2 Å². The molecule has 0 aliphatic rings. The van der Waals surface area contributed by atoms with Crippen molar-refractivity contribution in [1.29, 1.82) is 0 Å². The fourth-order valence-electron chi connectivity index (χ4n) is 2.84. The highest BCUT2D eigenvalue weighted by atomic mass is 79.9. The summed E-state index contributed by atoms with van der Waals surface area (Å²) >= 11 is 3.41. The van der Waals surface area contributed by atoms with E-state index in [1.54, 1.807) is 38.1 Å². The fraction of sp³-hybridized carbons (Fsp3) is 0.154. The number of hydrogen-bond donors (Lipinski definition) is 3. The number of rotatable bonds is 8. The SMILES string of the molecule is CC(C)(CO)Oc1ccc(NC(=O)/C(C=Nc2ccccc2)=C(/N)c2ccc(Br)cc2)cc1. The summed E-state index contributed by atoms with van der Waals surface area (Å²) in [4.78, 5) is 17.6. The molecule has 7 heteroatoms. The summed E-state index contributed by atoms with van der Waals surface area (Å²) in [6.45, 7) is 3.46. The summed E-state index contributed by atoms with van der Waals surface area (Å²) in [5.41, 5.74) is 8.22. The topological polar surface area (TPSA) is 96.9 Å². The van der Waals surface area contributed by atoms with Gasteiger partial charge in [-0.15, -0.1) is 0 Å². The van der Waals surface area contributed by atoms with Crippen LogP contribution in [0.3, 0.4) is 0 Å². The molecule has 170 valence electrons. The van der Waals surface area contributed by atoms with Gasteiger partial charge in [0.1, 0.15) is 11.4 Å². The average molecular weight is 508 g/mol. The Morgan fingerprint density at radius 1 is 1.06 bits per heavy atom. The van der Waals surface area contributed by atoms with Gasteiger partial charge in [-0.1, -0.05) is 46.3 Å². The Labute approximate surface area is 201 Å². The van der Waals surface area contributed by atoms with Gasteiger partial charge >= 0.3 is 0 Å². The molecule has 0 aliphatic heterocycles. The minimum Gasteiger partial charge on any atom is -0.485 e. The molecule has 0 saturated heterocycles. The molecule has 0 bridgehead atoms. The highest BCUT2D eigenvalue weighted by molar-refractivity contribution is 9.10. The molecule has 6 nitrogen and oxygen atoms in total. The number of aliphatic imine (C=N–C) groups is 1. The maximum atomic E-state index is 13.2. The molecule has 0 unspecified atom stereocenters. The van der Waals surface area contributed by atoms with Gasteiger partial charge in [-0.05, 0) is 67.9 Å². The van der Waals surface area contributed by atoms with Crippen LogP contribution in [0, 0.1) is 0 Å². The second-order valence-electron chi connectivity index (χ2n) is 7.93. The van der Waals surface area contributed by atoms with E-state index in [1.807, 2.05) is 54.6 Å². The zero-order chi connectivity index (χ0) is 23.8. The monoisotopic (exact) mass is 507 g/mol. The van der Waals surface area contributed by atoms with Crippen LogP contribution in [0.15, 0.2) is 93.9 Å². The van der Waals surface area contributed by atoms with Crippen LogP contribution in [-0.4, -0.2) is 29.4 Å². The van der Waals surface area contributed by atoms with Gasteiger partial charge in [0.2, 0.25) is 0 Å². The molecular weight excluding hydrogens is 482 g/mol. The van der Waals surface area contributed by atoms with Crippen LogP contribution >= 0.6 is 15.9 Å². The van der Waals surface area contributed by atoms with Crippen LogP contribution in [0.5, 0.6) is 5.75 Å². The van der Waals surface area contributed by atoms with Crippen molar-refractivity contribution in [3.8, 4) is 5.75 Å². The Bertz CT molecular complexity index is 1140. The fourth-order valence-corrected chi connectivity index (χ4v) is 3.11. The molecule has 0 radical (unpaired) electrons. The van der Waals surface area contributed by atoms with E-state index in [1.165, 1.54) is 6.21 Å². The Kier molecular flexibility index (Phi) is 8.03. The minimum absolute atomic E-state index is 0.115. The van der Waals surface area contributed by atoms with Crippen LogP contribution < -0.4 is 15.8 Å². The first-order valence-corrected chi connectivity index (χ1v) is 11.1. The van der Waals surface area contributed by atoms with E-state index >= 15 is 0 Å². The number of aliphatic hydroxyl groups excluding tert-OH is 1. The van der Waals surface area contributed by atoms with Gasteiger partial charge in [-0.3, -0.25) is 9.79 Å². The Morgan fingerprint density at radius 3 is 2.30 bits per heavy atom. The lowest BCUT2D eigenvalue weighted by Gasteiger charge is -2.24. The van der Waals surface area contributed by atoms with E-state index in [4.69, 9.17) is 10.5 Å². The van der Waals surface area contributed by atoms with E-state index in [0.29, 0.717) is 28.4 Å². The van der Waals surface area contributed by atoms with E-state index in [9.17, 15) is 9.90 Å². The Hall–Kier alpha value is -3.42. The van der Waals surface area contributed by atoms with Crippen molar-refractivity contribution < 1.29 is 14.6 Å². The summed E-state index contributed by atoms with van der Waals surface area (Å²) in [6.07, 6.45) is 1.48. The molecule has 3 rings (SSSR count). The lowest BCUT2D eigenvalue weighted by Crippen LogP contribution is -2.32. The Morgan fingerprint density at radius 2 is 1.70 bits per heavy atom. The minimum atomic E-state index is -0.701. The van der Waals surface area contributed by atoms with Crippen LogP contribution in [0.4, 0.5) is 11.4 Å². The number of hydrogen-bond acceptors (Lipinski definition) is 5. The molecule has 1 amide bonds. The van der Waals surface area contributed by atoms with Crippen LogP contribution in [0.1, 0.15) is 19.4 Å². The number of anilines is 1. The van der Waals surface area contributed by atoms with Crippen molar-refractivity contribution in [2.45, 2.75) is 19.4 Å². The predicted octanol–water partition coefficient (Wildman–Crippen LogP) is 5.31. The Balaban J connectivity index is 1.87. The first kappa shape index (κ1) is 24.2. The molecule has 4 N–H and O–H groups in total. The van der Waals surface area contributed by atoms with Gasteiger partial charge in [0, 0.05) is 16.4 Å². The summed E-state index contributed by atoms with van der Waals surface area (Å²) in [5, 5.41) is 12.2. The van der Waals surface area contributed by atoms with Crippen molar-refractivity contribution in [2.75, 3.05) is 11.9 Å². The van der Waals surface area contributed by atoms with Crippen molar-refractivity contribution in [3.63, 3.8) is 0 Å². The van der Waals surface area contributed by atoms with Crippen molar-refractivity contribution in [2.24, 2.45) is 10.7 Å². The predicted molar refractivity (Wildman–Crippen MR) is 137 cm³/mol. The third-order valence-electron chi connectivity index (χ3n) is 4.68. The molecular formula is C26H26BrN3O3. The molecule has 0 fully saturated rings. The highest BCUT2D eigenvalue weighted by Crippen LogP contribution is 2.22. The third-order valence-corrected chi connectivity index (χ3v) is 5.20. The smallest absolute Gasteiger partial charge is 0.259 e. The highest BCUT2D eigenvalue weighted by Gasteiger charge is 2.18. The quantitative estimate of drug-likeness (QED) is 0.284. The number of nitrogens with one attached hydrogen (secondary N) is 1. The van der Waals surface area contributed by atoms with Crippen LogP contribution in [-0.2, 0) is 4.79 Å². The van der Waals surface area contributed by atoms with E-state index in [-0.39, 0.29) is 18.1 Å². The molecule has 0 saturated carbocycles.